The lowest BCUT2D eigenvalue weighted by Gasteiger charge is -2.44. The molecular formula is C28H29ClF2N4O4. The van der Waals surface area contributed by atoms with Gasteiger partial charge < -0.3 is 19.6 Å². The van der Waals surface area contributed by atoms with Gasteiger partial charge in [0.05, 0.1) is 17.1 Å². The van der Waals surface area contributed by atoms with Crippen molar-refractivity contribution < 1.29 is 23.4 Å². The minimum Gasteiger partial charge on any atom is -0.486 e. The van der Waals surface area contributed by atoms with Gasteiger partial charge in [-0.3, -0.25) is 9.36 Å². The molecule has 0 radical (unpaired) electrons. The molecule has 2 aliphatic heterocycles. The van der Waals surface area contributed by atoms with Crippen LogP contribution in [0.1, 0.15) is 26.7 Å². The number of amides is 1. The smallest absolute Gasteiger partial charge is 0.350 e. The Morgan fingerprint density at radius 3 is 2.69 bits per heavy atom. The second kappa shape index (κ2) is 10.6. The fourth-order valence-corrected chi connectivity index (χ4v) is 5.83. The van der Waals surface area contributed by atoms with Crippen molar-refractivity contribution >= 4 is 34.2 Å². The van der Waals surface area contributed by atoms with Crippen molar-refractivity contribution in [2.45, 2.75) is 51.4 Å². The molecule has 11 heteroatoms. The van der Waals surface area contributed by atoms with Crippen LogP contribution in [0.3, 0.4) is 0 Å². The zero-order valence-corrected chi connectivity index (χ0v) is 22.4. The van der Waals surface area contributed by atoms with Crippen molar-refractivity contribution in [1.29, 1.82) is 0 Å². The van der Waals surface area contributed by atoms with Crippen molar-refractivity contribution in [3.63, 3.8) is 0 Å². The molecule has 1 fully saturated rings. The topological polar surface area (TPSA) is 87.9 Å². The van der Waals surface area contributed by atoms with E-state index in [1.54, 1.807) is 11.0 Å². The molecule has 1 aromatic heterocycles. The maximum absolute atomic E-state index is 15.0. The van der Waals surface area contributed by atoms with Gasteiger partial charge in [-0.05, 0) is 51.0 Å². The summed E-state index contributed by atoms with van der Waals surface area (Å²) in [5, 5.41) is 10.1. The summed E-state index contributed by atoms with van der Waals surface area (Å²) < 4.78 is 36.6. The zero-order valence-electron chi connectivity index (χ0n) is 21.7. The van der Waals surface area contributed by atoms with E-state index < -0.39 is 23.4 Å². The van der Waals surface area contributed by atoms with Gasteiger partial charge in [-0.25, -0.2) is 13.6 Å². The lowest BCUT2D eigenvalue weighted by atomic mass is 9.99. The van der Waals surface area contributed by atoms with E-state index in [9.17, 15) is 19.1 Å². The first-order valence-electron chi connectivity index (χ1n) is 12.8. The third-order valence-corrected chi connectivity index (χ3v) is 7.72. The van der Waals surface area contributed by atoms with E-state index in [-0.39, 0.29) is 53.0 Å². The number of carbonyl (C=O) groups excluding carboxylic acids is 1. The fourth-order valence-electron chi connectivity index (χ4n) is 5.53. The minimum absolute atomic E-state index is 0.0389. The molecule has 0 saturated carbocycles. The summed E-state index contributed by atoms with van der Waals surface area (Å²) in [6.07, 6.45) is 1.67. The summed E-state index contributed by atoms with van der Waals surface area (Å²) in [5.74, 6) is -1.12. The molecule has 1 amide bonds. The number of rotatable bonds is 6. The van der Waals surface area contributed by atoms with E-state index >= 15 is 4.39 Å². The number of hydrogen-bond donors (Lipinski definition) is 1. The van der Waals surface area contributed by atoms with Crippen LogP contribution in [-0.4, -0.2) is 63.3 Å². The molecule has 3 aromatic rings. The maximum Gasteiger partial charge on any atom is 0.350 e. The maximum atomic E-state index is 15.0. The van der Waals surface area contributed by atoms with Crippen LogP contribution in [0.4, 0.5) is 14.6 Å². The predicted octanol–water partition coefficient (Wildman–Crippen LogP) is 4.14. The lowest BCUT2D eigenvalue weighted by molar-refractivity contribution is -0.128. The Morgan fingerprint density at radius 1 is 1.23 bits per heavy atom. The molecule has 0 spiro atoms. The summed E-state index contributed by atoms with van der Waals surface area (Å²) in [6.45, 7) is 8.38. The van der Waals surface area contributed by atoms with Gasteiger partial charge in [0, 0.05) is 54.4 Å². The second-order valence-electron chi connectivity index (χ2n) is 10.1. The van der Waals surface area contributed by atoms with Crippen LogP contribution in [-0.2, 0) is 11.3 Å². The van der Waals surface area contributed by atoms with Crippen molar-refractivity contribution in [3.05, 3.63) is 64.1 Å². The predicted molar refractivity (Wildman–Crippen MR) is 145 cm³/mol. The first kappa shape index (κ1) is 27.1. The third-order valence-electron chi connectivity index (χ3n) is 7.42. The molecule has 0 bridgehead atoms. The Bertz CT molecular complexity index is 1530. The van der Waals surface area contributed by atoms with E-state index in [4.69, 9.17) is 16.3 Å². The van der Waals surface area contributed by atoms with Gasteiger partial charge in [0.25, 0.3) is 0 Å². The number of nitrogens with zero attached hydrogens (tertiary/aromatic N) is 4. The Balaban J connectivity index is 1.72. The lowest BCUT2D eigenvalue weighted by Crippen LogP contribution is -2.58. The summed E-state index contributed by atoms with van der Waals surface area (Å²) >= 11 is 6.78. The Hall–Kier alpha value is -3.50. The van der Waals surface area contributed by atoms with Crippen molar-refractivity contribution in [2.24, 2.45) is 0 Å². The SMILES string of the molecule is C=CC(=O)N1C[C@H](C)N(c2nc(=O)n3c4c(c(-c5ccc(F)cc5F)c(Cl)cc24)O[C@H](CCCO)C3)C[C@H]1C. The number of anilines is 1. The normalized spacial score (nSPS) is 20.7. The molecule has 1 saturated heterocycles. The van der Waals surface area contributed by atoms with Gasteiger partial charge in [0.1, 0.15) is 23.6 Å². The van der Waals surface area contributed by atoms with Crippen molar-refractivity contribution in [2.75, 3.05) is 24.6 Å². The molecular weight excluding hydrogens is 530 g/mol. The van der Waals surface area contributed by atoms with E-state index in [0.29, 0.717) is 42.7 Å². The molecule has 2 aliphatic rings. The van der Waals surface area contributed by atoms with Gasteiger partial charge in [-0.15, -0.1) is 0 Å². The quantitative estimate of drug-likeness (QED) is 0.458. The molecule has 3 heterocycles. The highest BCUT2D eigenvalue weighted by Crippen LogP contribution is 2.47. The highest BCUT2D eigenvalue weighted by atomic mass is 35.5. The molecule has 0 unspecified atom stereocenters. The van der Waals surface area contributed by atoms with Crippen LogP contribution in [0.2, 0.25) is 5.02 Å². The Morgan fingerprint density at radius 2 is 2.00 bits per heavy atom. The van der Waals surface area contributed by atoms with Gasteiger partial charge in [0.15, 0.2) is 5.75 Å². The van der Waals surface area contributed by atoms with Crippen LogP contribution >= 0.6 is 11.6 Å². The van der Waals surface area contributed by atoms with Crippen molar-refractivity contribution in [3.8, 4) is 16.9 Å². The van der Waals surface area contributed by atoms with Gasteiger partial charge in [0.2, 0.25) is 5.91 Å². The summed E-state index contributed by atoms with van der Waals surface area (Å²) in [4.78, 5) is 34.0. The van der Waals surface area contributed by atoms with E-state index in [1.807, 2.05) is 18.7 Å². The first-order chi connectivity index (χ1) is 18.6. The molecule has 206 valence electrons. The number of halogens is 3. The molecule has 1 N–H and O–H groups in total. The molecule has 3 atom stereocenters. The van der Waals surface area contributed by atoms with Crippen LogP contribution in [0.5, 0.6) is 5.75 Å². The molecule has 39 heavy (non-hydrogen) atoms. The molecule has 5 rings (SSSR count). The summed E-state index contributed by atoms with van der Waals surface area (Å²) in [5.41, 5.74) is 0.159. The van der Waals surface area contributed by atoms with Gasteiger partial charge in [-0.2, -0.15) is 4.98 Å². The van der Waals surface area contributed by atoms with Crippen LogP contribution in [0.15, 0.2) is 41.7 Å². The standard InChI is InChI=1S/C28H29ClF2N4O4/c1-4-23(37)33-12-16(3)34(13-15(33)2)27-20-11-21(29)24(19-8-7-17(30)10-22(19)31)26-25(20)35(28(38)32-27)14-18(39-26)6-5-9-36/h4,7-8,10-11,15-16,18,36H,1,5-6,9,12-14H2,2-3H3/t15-,16+,18-/m1/s1. The molecule has 0 aliphatic carbocycles. The Labute approximate surface area is 229 Å². The monoisotopic (exact) mass is 558 g/mol. The Kier molecular flexibility index (Phi) is 7.35. The number of hydrogen-bond acceptors (Lipinski definition) is 6. The average molecular weight is 559 g/mol. The first-order valence-corrected chi connectivity index (χ1v) is 13.2. The number of aromatic nitrogens is 2. The van der Waals surface area contributed by atoms with Crippen molar-refractivity contribution in [1.82, 2.24) is 14.5 Å². The fraction of sp³-hybridized carbons (Fsp3) is 0.393. The van der Waals surface area contributed by atoms with Gasteiger partial charge >= 0.3 is 5.69 Å². The summed E-state index contributed by atoms with van der Waals surface area (Å²) in [6, 6.07) is 4.46. The van der Waals surface area contributed by atoms with Crippen LogP contribution in [0.25, 0.3) is 22.0 Å². The number of ether oxygens (including phenoxy) is 1. The number of piperazine rings is 1. The van der Waals surface area contributed by atoms with E-state index in [1.165, 1.54) is 16.7 Å². The summed E-state index contributed by atoms with van der Waals surface area (Å²) in [7, 11) is 0. The second-order valence-corrected chi connectivity index (χ2v) is 10.5. The largest absolute Gasteiger partial charge is 0.486 e. The van der Waals surface area contributed by atoms with Crippen LogP contribution in [0, 0.1) is 11.6 Å². The number of carbonyl (C=O) groups is 1. The average Bonchev–Trinajstić information content (AvgIpc) is 2.90. The highest BCUT2D eigenvalue weighted by molar-refractivity contribution is 6.35. The number of aliphatic hydroxyl groups excluding tert-OH is 1. The number of aliphatic hydroxyl groups is 1. The van der Waals surface area contributed by atoms with E-state index in [2.05, 4.69) is 11.6 Å². The zero-order chi connectivity index (χ0) is 28.0. The number of benzene rings is 2. The van der Waals surface area contributed by atoms with Crippen LogP contribution < -0.4 is 15.3 Å². The van der Waals surface area contributed by atoms with Gasteiger partial charge in [-0.1, -0.05) is 18.2 Å². The van der Waals surface area contributed by atoms with E-state index in [0.717, 1.165) is 12.1 Å². The third kappa shape index (κ3) is 4.76. The molecule has 2 aromatic carbocycles. The highest BCUT2D eigenvalue weighted by Gasteiger charge is 2.36. The minimum atomic E-state index is -0.817. The molecule has 8 nitrogen and oxygen atoms in total.